The number of esters is 1. The third-order valence-corrected chi connectivity index (χ3v) is 11.5. The molecule has 3 unspecified atom stereocenters. The molecule has 2 aliphatic carbocycles. The van der Waals surface area contributed by atoms with Crippen molar-refractivity contribution in [3.8, 4) is 0 Å². The average molecular weight is 733 g/mol. The van der Waals surface area contributed by atoms with Crippen LogP contribution in [0.2, 0.25) is 0 Å². The van der Waals surface area contributed by atoms with E-state index in [4.69, 9.17) is 18.9 Å². The summed E-state index contributed by atoms with van der Waals surface area (Å²) in [4.78, 5) is 53.1. The zero-order valence-electron chi connectivity index (χ0n) is 32.9. The molecule has 14 nitrogen and oxygen atoms in total. The number of ketones is 1. The third kappa shape index (κ3) is 12.0. The summed E-state index contributed by atoms with van der Waals surface area (Å²) in [6, 6.07) is -0.263. The summed E-state index contributed by atoms with van der Waals surface area (Å²) in [7, 11) is 1.74. The Labute approximate surface area is 310 Å². The van der Waals surface area contributed by atoms with Crippen molar-refractivity contribution in [1.82, 2.24) is 30.1 Å². The highest BCUT2D eigenvalue weighted by atomic mass is 16.5. The first-order valence-corrected chi connectivity index (χ1v) is 19.3. The molecule has 5 atom stereocenters. The molecular weight excluding hydrogens is 668 g/mol. The number of alkyl carbamates (subject to hydrolysis) is 1. The van der Waals surface area contributed by atoms with Crippen LogP contribution >= 0.6 is 0 Å². The summed E-state index contributed by atoms with van der Waals surface area (Å²) in [5.41, 5.74) is 1.84. The van der Waals surface area contributed by atoms with Gasteiger partial charge in [-0.25, -0.2) is 9.48 Å². The Morgan fingerprint density at radius 3 is 2.40 bits per heavy atom. The van der Waals surface area contributed by atoms with Crippen molar-refractivity contribution in [3.63, 3.8) is 0 Å². The Kier molecular flexibility index (Phi) is 15.0. The van der Waals surface area contributed by atoms with Gasteiger partial charge in [-0.2, -0.15) is 0 Å². The van der Waals surface area contributed by atoms with Gasteiger partial charge in [0, 0.05) is 46.3 Å². The number of nitrogens with one attached hydrogen (secondary N) is 1. The van der Waals surface area contributed by atoms with Crippen LogP contribution < -0.4 is 5.32 Å². The third-order valence-electron chi connectivity index (χ3n) is 11.5. The maximum Gasteiger partial charge on any atom is 0.407 e. The van der Waals surface area contributed by atoms with E-state index in [0.29, 0.717) is 50.6 Å². The average Bonchev–Trinajstić information content (AvgIpc) is 3.61. The molecule has 14 heteroatoms. The van der Waals surface area contributed by atoms with Gasteiger partial charge in [-0.1, -0.05) is 26.0 Å². The molecule has 1 aliphatic heterocycles. The normalized spacial score (nSPS) is 23.1. The first kappa shape index (κ1) is 41.7. The number of aryl methyl sites for hydroxylation is 2. The molecule has 52 heavy (non-hydrogen) atoms. The van der Waals surface area contributed by atoms with E-state index in [2.05, 4.69) is 48.0 Å². The number of piperazine rings is 1. The van der Waals surface area contributed by atoms with Gasteiger partial charge < -0.3 is 29.2 Å². The van der Waals surface area contributed by atoms with E-state index in [-0.39, 0.29) is 66.9 Å². The molecule has 1 N–H and O–H groups in total. The summed E-state index contributed by atoms with van der Waals surface area (Å²) < 4.78 is 25.0. The predicted octanol–water partition coefficient (Wildman–Crippen LogP) is 3.83. The molecule has 2 amide bonds. The van der Waals surface area contributed by atoms with Gasteiger partial charge in [-0.05, 0) is 90.4 Å². The SMILES string of the molecule is CCC(C)(CCn1nnc2c1CC[C@H]1C(COC(=O)NCCC(=O)N3CCN(CC(C)=O)C(COC(=O)C(C)C)C3)[C@H]1CC2)OCCC(C)(C)OC. The fourth-order valence-electron chi connectivity index (χ4n) is 7.36. The van der Waals surface area contributed by atoms with Gasteiger partial charge in [-0.3, -0.25) is 19.3 Å². The van der Waals surface area contributed by atoms with E-state index >= 15 is 0 Å². The Morgan fingerprint density at radius 1 is 1.00 bits per heavy atom. The van der Waals surface area contributed by atoms with Crippen LogP contribution in [0.3, 0.4) is 0 Å². The second-order valence-corrected chi connectivity index (χ2v) is 16.1. The maximum absolute atomic E-state index is 13.0. The number of hydrogen-bond donors (Lipinski definition) is 1. The number of rotatable bonds is 19. The monoisotopic (exact) mass is 732 g/mol. The predicted molar refractivity (Wildman–Crippen MR) is 194 cm³/mol. The molecule has 294 valence electrons. The van der Waals surface area contributed by atoms with Crippen LogP contribution in [0.25, 0.3) is 0 Å². The topological polar surface area (TPSA) is 154 Å². The van der Waals surface area contributed by atoms with E-state index in [0.717, 1.165) is 57.2 Å². The quantitative estimate of drug-likeness (QED) is 0.207. The van der Waals surface area contributed by atoms with Gasteiger partial charge >= 0.3 is 12.1 Å². The van der Waals surface area contributed by atoms with Gasteiger partial charge in [0.05, 0.1) is 54.3 Å². The molecule has 3 aliphatic rings. The number of carbonyl (C=O) groups excluding carboxylic acids is 4. The largest absolute Gasteiger partial charge is 0.464 e. The molecule has 2 fully saturated rings. The van der Waals surface area contributed by atoms with Crippen molar-refractivity contribution >= 4 is 23.8 Å². The Morgan fingerprint density at radius 2 is 1.73 bits per heavy atom. The summed E-state index contributed by atoms with van der Waals surface area (Å²) >= 11 is 0. The van der Waals surface area contributed by atoms with Crippen LogP contribution in [0.15, 0.2) is 0 Å². The molecule has 1 aromatic rings. The zero-order valence-corrected chi connectivity index (χ0v) is 32.9. The van der Waals surface area contributed by atoms with Crippen molar-refractivity contribution in [1.29, 1.82) is 0 Å². The van der Waals surface area contributed by atoms with Crippen LogP contribution in [0.5, 0.6) is 0 Å². The fraction of sp³-hybridized carbons (Fsp3) is 0.842. The molecule has 1 saturated carbocycles. The highest BCUT2D eigenvalue weighted by Crippen LogP contribution is 2.53. The number of carbonyl (C=O) groups is 4. The number of amides is 2. The van der Waals surface area contributed by atoms with Crippen LogP contribution in [0.4, 0.5) is 4.79 Å². The van der Waals surface area contributed by atoms with Crippen molar-refractivity contribution in [2.24, 2.45) is 23.7 Å². The van der Waals surface area contributed by atoms with Crippen molar-refractivity contribution in [2.45, 2.75) is 124 Å². The minimum atomic E-state index is -0.510. The molecule has 1 aromatic heterocycles. The summed E-state index contributed by atoms with van der Waals surface area (Å²) in [5, 5.41) is 11.8. The Balaban J connectivity index is 1.16. The second-order valence-electron chi connectivity index (χ2n) is 16.1. The number of hydrogen-bond acceptors (Lipinski definition) is 11. The number of fused-ring (bicyclic) bond motifs is 2. The van der Waals surface area contributed by atoms with Gasteiger partial charge in [0.15, 0.2) is 0 Å². The lowest BCUT2D eigenvalue weighted by Gasteiger charge is -2.40. The van der Waals surface area contributed by atoms with E-state index in [1.54, 1.807) is 25.9 Å². The van der Waals surface area contributed by atoms with E-state index < -0.39 is 6.09 Å². The molecule has 0 aromatic carbocycles. The van der Waals surface area contributed by atoms with E-state index in [1.807, 2.05) is 4.90 Å². The zero-order chi connectivity index (χ0) is 38.1. The lowest BCUT2D eigenvalue weighted by molar-refractivity contribution is -0.150. The molecule has 1 saturated heterocycles. The fourth-order valence-corrected chi connectivity index (χ4v) is 7.36. The second kappa shape index (κ2) is 18.8. The molecule has 4 rings (SSSR count). The number of ether oxygens (including phenoxy) is 4. The molecule has 0 spiro atoms. The van der Waals surface area contributed by atoms with Crippen LogP contribution in [-0.4, -0.2) is 125 Å². The molecule has 0 radical (unpaired) electrons. The number of Topliss-reactive ketones (excluding diaryl/α,β-unsaturated/α-hetero) is 1. The van der Waals surface area contributed by atoms with Gasteiger partial charge in [0.25, 0.3) is 0 Å². The lowest BCUT2D eigenvalue weighted by Crippen LogP contribution is -2.57. The molecule has 0 bridgehead atoms. The highest BCUT2D eigenvalue weighted by molar-refractivity contribution is 5.78. The Bertz CT molecular complexity index is 1370. The summed E-state index contributed by atoms with van der Waals surface area (Å²) in [6.45, 7) is 17.2. The number of nitrogens with zero attached hydrogens (tertiary/aromatic N) is 5. The smallest absolute Gasteiger partial charge is 0.407 e. The summed E-state index contributed by atoms with van der Waals surface area (Å²) in [5.74, 6) is 0.696. The van der Waals surface area contributed by atoms with Gasteiger partial charge in [0.1, 0.15) is 12.4 Å². The Hall–Kier alpha value is -3.10. The van der Waals surface area contributed by atoms with Crippen molar-refractivity contribution < 1.29 is 38.1 Å². The van der Waals surface area contributed by atoms with E-state index in [1.165, 1.54) is 12.6 Å². The first-order valence-electron chi connectivity index (χ1n) is 19.3. The van der Waals surface area contributed by atoms with E-state index in [9.17, 15) is 19.2 Å². The van der Waals surface area contributed by atoms with Crippen molar-refractivity contribution in [3.05, 3.63) is 11.4 Å². The molecular formula is C38H64N6O8. The number of methoxy groups -OCH3 is 1. The summed E-state index contributed by atoms with van der Waals surface area (Å²) in [6.07, 6.45) is 6.01. The minimum absolute atomic E-state index is 0.0173. The lowest BCUT2D eigenvalue weighted by atomic mass is 9.97. The first-order chi connectivity index (χ1) is 24.6. The van der Waals surface area contributed by atoms with Crippen molar-refractivity contribution in [2.75, 3.05) is 59.7 Å². The van der Waals surface area contributed by atoms with Crippen LogP contribution in [0.1, 0.15) is 98.4 Å². The maximum atomic E-state index is 13.0. The van der Waals surface area contributed by atoms with Crippen LogP contribution in [0, 0.1) is 23.7 Å². The van der Waals surface area contributed by atoms with Crippen LogP contribution in [-0.2, 0) is 52.7 Å². The number of aromatic nitrogens is 3. The standard InChI is InChI=1S/C38H64N6O8/c1-9-38(7,52-21-16-37(5,6)49-8)15-18-44-33-13-11-30-29(10-12-32(33)40-41-44)31(30)25-51-36(48)39-17-14-34(46)43-20-19-42(22-27(4)45)28(23-43)24-50-35(47)26(2)3/h26,28-31H,9-25H2,1-8H3,(H,39,48)/t28?,29-,30+,31?,38?/m0/s1. The highest BCUT2D eigenvalue weighted by Gasteiger charge is 2.50. The molecule has 2 heterocycles. The van der Waals surface area contributed by atoms with Gasteiger partial charge in [0.2, 0.25) is 5.91 Å². The minimum Gasteiger partial charge on any atom is -0.464 e. The van der Waals surface area contributed by atoms with Gasteiger partial charge in [-0.15, -0.1) is 5.10 Å².